The van der Waals surface area contributed by atoms with Crippen molar-refractivity contribution in [2.24, 2.45) is 0 Å². The van der Waals surface area contributed by atoms with Crippen LogP contribution in [0.1, 0.15) is 20.8 Å². The Morgan fingerprint density at radius 2 is 1.85 bits per heavy atom. The van der Waals surface area contributed by atoms with Crippen molar-refractivity contribution in [3.63, 3.8) is 0 Å². The highest BCUT2D eigenvalue weighted by Gasteiger charge is 1.99. The number of thioether (sulfide) groups is 1. The molecule has 0 aromatic rings. The highest BCUT2D eigenvalue weighted by Crippen LogP contribution is 1.98. The predicted octanol–water partition coefficient (Wildman–Crippen LogP) is 0.841. The average molecular weight is 227 g/mol. The summed E-state index contributed by atoms with van der Waals surface area (Å²) in [5.41, 5.74) is 0. The van der Waals surface area contributed by atoms with Crippen LogP contribution in [0.4, 0.5) is 0 Å². The summed E-state index contributed by atoms with van der Waals surface area (Å²) < 4.78 is 23.2. The van der Waals surface area contributed by atoms with Gasteiger partial charge in [-0.1, -0.05) is 25.6 Å². The molecule has 0 aliphatic heterocycles. The van der Waals surface area contributed by atoms with Crippen LogP contribution in [-0.2, 0) is 14.8 Å². The summed E-state index contributed by atoms with van der Waals surface area (Å²) in [5, 5.41) is 0.000279. The first-order valence-electron chi connectivity index (χ1n) is 4.00. The van der Waals surface area contributed by atoms with Crippen molar-refractivity contribution in [1.82, 2.24) is 4.72 Å². The molecule has 0 unspecified atom stereocenters. The first kappa shape index (κ1) is 15.4. The minimum absolute atomic E-state index is 0.000279. The Morgan fingerprint density at radius 1 is 1.38 bits per heavy atom. The first-order valence-corrected chi connectivity index (χ1v) is 6.87. The minimum atomic E-state index is -3.10. The fourth-order valence-corrected chi connectivity index (χ4v) is 1.52. The van der Waals surface area contributed by atoms with E-state index >= 15 is 0 Å². The van der Waals surface area contributed by atoms with Gasteiger partial charge in [-0.25, -0.2) is 13.1 Å². The van der Waals surface area contributed by atoms with E-state index in [9.17, 15) is 13.2 Å². The largest absolute Gasteiger partial charge is 0.288 e. The van der Waals surface area contributed by atoms with E-state index in [0.29, 0.717) is 12.3 Å². The number of hydrogen-bond acceptors (Lipinski definition) is 4. The molecular weight excluding hydrogens is 210 g/mol. The van der Waals surface area contributed by atoms with E-state index in [2.05, 4.69) is 4.72 Å². The van der Waals surface area contributed by atoms with Crippen LogP contribution in [0.2, 0.25) is 0 Å². The maximum absolute atomic E-state index is 10.5. The molecule has 0 bridgehead atoms. The second kappa shape index (κ2) is 8.52. The van der Waals surface area contributed by atoms with Gasteiger partial charge in [0.2, 0.25) is 10.0 Å². The van der Waals surface area contributed by atoms with E-state index in [1.54, 1.807) is 0 Å². The van der Waals surface area contributed by atoms with Gasteiger partial charge < -0.3 is 0 Å². The van der Waals surface area contributed by atoms with Crippen LogP contribution in [-0.4, -0.2) is 32.1 Å². The Kier molecular flexibility index (Phi) is 10.1. The molecule has 0 saturated heterocycles. The van der Waals surface area contributed by atoms with Crippen LogP contribution < -0.4 is 4.72 Å². The Hall–Kier alpha value is -0.0700. The summed E-state index contributed by atoms with van der Waals surface area (Å²) in [5.74, 6) is 0.488. The maximum atomic E-state index is 10.5. The van der Waals surface area contributed by atoms with Gasteiger partial charge >= 0.3 is 0 Å². The zero-order valence-corrected chi connectivity index (χ0v) is 10.1. The molecular formula is C7H17NO3S2. The standard InChI is InChI=1S/C5H11NO3S2.C2H6/c1-5(7)10-4-3-6-11(2,8)9;1-2/h6H,3-4H2,1-2H3;1-2H3. The topological polar surface area (TPSA) is 63.2 Å². The summed E-state index contributed by atoms with van der Waals surface area (Å²) in [4.78, 5) is 10.4. The molecule has 0 rings (SSSR count). The highest BCUT2D eigenvalue weighted by molar-refractivity contribution is 8.13. The van der Waals surface area contributed by atoms with Gasteiger partial charge in [-0.3, -0.25) is 4.79 Å². The molecule has 0 aromatic heterocycles. The maximum Gasteiger partial charge on any atom is 0.208 e. The zero-order chi connectivity index (χ0) is 10.9. The Labute approximate surface area is 84.5 Å². The van der Waals surface area contributed by atoms with Crippen LogP contribution in [0.5, 0.6) is 0 Å². The van der Waals surface area contributed by atoms with Crippen LogP contribution in [0, 0.1) is 0 Å². The molecule has 0 radical (unpaired) electrons. The monoisotopic (exact) mass is 227 g/mol. The third-order valence-electron chi connectivity index (χ3n) is 0.772. The van der Waals surface area contributed by atoms with E-state index < -0.39 is 10.0 Å². The Morgan fingerprint density at radius 3 is 2.15 bits per heavy atom. The second-order valence-corrected chi connectivity index (χ2v) is 5.11. The molecule has 0 aromatic carbocycles. The number of carbonyl (C=O) groups is 1. The van der Waals surface area contributed by atoms with Gasteiger partial charge in [0, 0.05) is 19.2 Å². The highest BCUT2D eigenvalue weighted by atomic mass is 32.2. The number of rotatable bonds is 4. The number of nitrogens with one attached hydrogen (secondary N) is 1. The lowest BCUT2D eigenvalue weighted by atomic mass is 10.8. The molecule has 0 atom stereocenters. The van der Waals surface area contributed by atoms with Crippen molar-refractivity contribution in [3.8, 4) is 0 Å². The van der Waals surface area contributed by atoms with Crippen LogP contribution in [0.3, 0.4) is 0 Å². The van der Waals surface area contributed by atoms with E-state index in [4.69, 9.17) is 0 Å². The van der Waals surface area contributed by atoms with E-state index in [0.717, 1.165) is 18.0 Å². The summed E-state index contributed by atoms with van der Waals surface area (Å²) in [7, 11) is -3.10. The molecule has 0 heterocycles. The fourth-order valence-electron chi connectivity index (χ4n) is 0.422. The van der Waals surface area contributed by atoms with Gasteiger partial charge in [0.1, 0.15) is 0 Å². The molecule has 0 amide bonds. The number of sulfonamides is 1. The quantitative estimate of drug-likeness (QED) is 0.723. The van der Waals surface area contributed by atoms with Crippen molar-refractivity contribution >= 4 is 26.9 Å². The smallest absolute Gasteiger partial charge is 0.208 e. The normalized spacial score (nSPS) is 10.2. The lowest BCUT2D eigenvalue weighted by Crippen LogP contribution is -2.24. The summed E-state index contributed by atoms with van der Waals surface area (Å²) in [6.07, 6.45) is 1.09. The summed E-state index contributed by atoms with van der Waals surface area (Å²) in [6.45, 7) is 5.76. The van der Waals surface area contributed by atoms with Crippen LogP contribution >= 0.6 is 11.8 Å². The van der Waals surface area contributed by atoms with Gasteiger partial charge in [-0.05, 0) is 0 Å². The summed E-state index contributed by atoms with van der Waals surface area (Å²) in [6, 6.07) is 0. The number of hydrogen-bond donors (Lipinski definition) is 1. The molecule has 0 spiro atoms. The molecule has 0 saturated carbocycles. The average Bonchev–Trinajstić information content (AvgIpc) is 2.00. The van der Waals surface area contributed by atoms with Gasteiger partial charge in [0.25, 0.3) is 0 Å². The lowest BCUT2D eigenvalue weighted by molar-refractivity contribution is -0.109. The van der Waals surface area contributed by atoms with Crippen molar-refractivity contribution in [1.29, 1.82) is 0 Å². The molecule has 13 heavy (non-hydrogen) atoms. The third kappa shape index (κ3) is 18.7. The van der Waals surface area contributed by atoms with Crippen molar-refractivity contribution in [2.75, 3.05) is 18.6 Å². The molecule has 6 heteroatoms. The first-order chi connectivity index (χ1) is 5.92. The van der Waals surface area contributed by atoms with Crippen molar-refractivity contribution in [2.45, 2.75) is 20.8 Å². The van der Waals surface area contributed by atoms with Crippen LogP contribution in [0.15, 0.2) is 0 Å². The Bertz CT molecular complexity index is 224. The zero-order valence-electron chi connectivity index (χ0n) is 8.46. The SMILES string of the molecule is CC.CC(=O)SCCNS(C)(=O)=O. The van der Waals surface area contributed by atoms with Gasteiger partial charge in [-0.15, -0.1) is 0 Å². The minimum Gasteiger partial charge on any atom is -0.288 e. The van der Waals surface area contributed by atoms with Crippen molar-refractivity contribution in [3.05, 3.63) is 0 Å². The van der Waals surface area contributed by atoms with Gasteiger partial charge in [-0.2, -0.15) is 0 Å². The van der Waals surface area contributed by atoms with E-state index in [1.807, 2.05) is 13.8 Å². The molecule has 4 nitrogen and oxygen atoms in total. The molecule has 0 aliphatic carbocycles. The number of carbonyl (C=O) groups excluding carboxylic acids is 1. The van der Waals surface area contributed by atoms with Crippen molar-refractivity contribution < 1.29 is 13.2 Å². The van der Waals surface area contributed by atoms with E-state index in [-0.39, 0.29) is 5.12 Å². The predicted molar refractivity (Wildman–Crippen MR) is 57.3 cm³/mol. The van der Waals surface area contributed by atoms with Gasteiger partial charge in [0.15, 0.2) is 5.12 Å². The molecule has 0 fully saturated rings. The molecule has 80 valence electrons. The fraction of sp³-hybridized carbons (Fsp3) is 0.857. The summed E-state index contributed by atoms with van der Waals surface area (Å²) >= 11 is 1.11. The lowest BCUT2D eigenvalue weighted by Gasteiger charge is -1.98. The Balaban J connectivity index is 0. The van der Waals surface area contributed by atoms with E-state index in [1.165, 1.54) is 6.92 Å². The molecule has 1 N–H and O–H groups in total. The third-order valence-corrected chi connectivity index (χ3v) is 2.31. The molecule has 0 aliphatic rings. The van der Waals surface area contributed by atoms with Gasteiger partial charge in [0.05, 0.1) is 6.26 Å². The van der Waals surface area contributed by atoms with Crippen LogP contribution in [0.25, 0.3) is 0 Å². The second-order valence-electron chi connectivity index (χ2n) is 2.01.